The fraction of sp³-hybridized carbons (Fsp3) is 0.217. The molecule has 8 heteroatoms. The average Bonchev–Trinajstić information content (AvgIpc) is 3.03. The SMILES string of the molecule is O=C(CN(C(=O)c1ccc(Cl)cc1)N1C(=O)C2CC=CCC2C1=O)c1ccc(Cl)cc1. The van der Waals surface area contributed by atoms with Gasteiger partial charge in [-0.1, -0.05) is 35.4 Å². The first-order valence-corrected chi connectivity index (χ1v) is 10.5. The zero-order valence-electron chi connectivity index (χ0n) is 16.3. The first-order valence-electron chi connectivity index (χ1n) is 9.75. The molecule has 1 fully saturated rings. The number of nitrogens with zero attached hydrogens (tertiary/aromatic N) is 2. The monoisotopic (exact) mass is 456 g/mol. The van der Waals surface area contributed by atoms with Gasteiger partial charge in [0.25, 0.3) is 17.7 Å². The minimum absolute atomic E-state index is 0.210. The summed E-state index contributed by atoms with van der Waals surface area (Å²) in [7, 11) is 0. The van der Waals surface area contributed by atoms with Crippen LogP contribution in [0, 0.1) is 11.8 Å². The smallest absolute Gasteiger partial charge is 0.273 e. The number of hydrazine groups is 1. The van der Waals surface area contributed by atoms with Crippen molar-refractivity contribution in [1.82, 2.24) is 10.0 Å². The Labute approximate surface area is 189 Å². The predicted molar refractivity (Wildman–Crippen MR) is 115 cm³/mol. The van der Waals surface area contributed by atoms with Gasteiger partial charge in [0.1, 0.15) is 6.54 Å². The van der Waals surface area contributed by atoms with Crippen LogP contribution in [0.4, 0.5) is 0 Å². The van der Waals surface area contributed by atoms with Crippen LogP contribution in [0.3, 0.4) is 0 Å². The van der Waals surface area contributed by atoms with Crippen LogP contribution >= 0.6 is 23.2 Å². The number of carbonyl (C=O) groups excluding carboxylic acids is 4. The molecule has 6 nitrogen and oxygen atoms in total. The summed E-state index contributed by atoms with van der Waals surface area (Å²) in [4.78, 5) is 52.4. The molecule has 1 saturated heterocycles. The normalized spacial score (nSPS) is 20.0. The summed E-state index contributed by atoms with van der Waals surface area (Å²) in [6.45, 7) is -0.465. The number of hydrogen-bond acceptors (Lipinski definition) is 4. The molecule has 4 rings (SSSR count). The minimum atomic E-state index is -0.632. The van der Waals surface area contributed by atoms with Crippen molar-refractivity contribution in [3.63, 3.8) is 0 Å². The van der Waals surface area contributed by atoms with Gasteiger partial charge in [-0.2, -0.15) is 5.01 Å². The second-order valence-corrected chi connectivity index (χ2v) is 8.32. The summed E-state index contributed by atoms with van der Waals surface area (Å²) >= 11 is 11.8. The second-order valence-electron chi connectivity index (χ2n) is 7.44. The van der Waals surface area contributed by atoms with E-state index in [0.717, 1.165) is 10.0 Å². The van der Waals surface area contributed by atoms with Gasteiger partial charge < -0.3 is 0 Å². The zero-order chi connectivity index (χ0) is 22.1. The van der Waals surface area contributed by atoms with Gasteiger partial charge in [-0.25, -0.2) is 5.01 Å². The number of fused-ring (bicyclic) bond motifs is 1. The van der Waals surface area contributed by atoms with E-state index in [1.54, 1.807) is 12.1 Å². The number of halogens is 2. The fourth-order valence-corrected chi connectivity index (χ4v) is 4.11. The van der Waals surface area contributed by atoms with Crippen molar-refractivity contribution < 1.29 is 19.2 Å². The lowest BCUT2D eigenvalue weighted by Crippen LogP contribution is -2.52. The van der Waals surface area contributed by atoms with Crippen LogP contribution in [0.5, 0.6) is 0 Å². The number of allylic oxidation sites excluding steroid dienone is 2. The number of benzene rings is 2. The van der Waals surface area contributed by atoms with Crippen LogP contribution in [-0.2, 0) is 9.59 Å². The minimum Gasteiger partial charge on any atom is -0.292 e. The summed E-state index contributed by atoms with van der Waals surface area (Å²) in [5.41, 5.74) is 0.526. The second kappa shape index (κ2) is 8.65. The highest BCUT2D eigenvalue weighted by Crippen LogP contribution is 2.36. The molecule has 0 radical (unpaired) electrons. The third-order valence-corrected chi connectivity index (χ3v) is 6.01. The molecular formula is C23H18Cl2N2O4. The summed E-state index contributed by atoms with van der Waals surface area (Å²) in [6.07, 6.45) is 4.58. The number of amides is 3. The van der Waals surface area contributed by atoms with Crippen molar-refractivity contribution in [2.75, 3.05) is 6.54 Å². The number of rotatable bonds is 5. The maximum absolute atomic E-state index is 13.3. The van der Waals surface area contributed by atoms with E-state index in [9.17, 15) is 19.2 Å². The van der Waals surface area contributed by atoms with Crippen LogP contribution in [0.1, 0.15) is 33.6 Å². The highest BCUT2D eigenvalue weighted by molar-refractivity contribution is 6.31. The lowest BCUT2D eigenvalue weighted by atomic mass is 9.85. The average molecular weight is 457 g/mol. The van der Waals surface area contributed by atoms with Crippen molar-refractivity contribution in [2.45, 2.75) is 12.8 Å². The molecule has 1 heterocycles. The van der Waals surface area contributed by atoms with Crippen LogP contribution in [0.25, 0.3) is 0 Å². The van der Waals surface area contributed by atoms with Gasteiger partial charge in [0.15, 0.2) is 5.78 Å². The molecule has 1 aliphatic carbocycles. The van der Waals surface area contributed by atoms with Crippen LogP contribution in [0.2, 0.25) is 10.0 Å². The van der Waals surface area contributed by atoms with Gasteiger partial charge >= 0.3 is 0 Å². The highest BCUT2D eigenvalue weighted by Gasteiger charge is 2.51. The summed E-state index contributed by atoms with van der Waals surface area (Å²) in [5, 5.41) is 2.70. The third-order valence-electron chi connectivity index (χ3n) is 5.51. The van der Waals surface area contributed by atoms with Crippen molar-refractivity contribution >= 4 is 46.7 Å². The van der Waals surface area contributed by atoms with Crippen LogP contribution < -0.4 is 0 Å². The number of imide groups is 1. The number of Topliss-reactive ketones (excluding diaryl/α,β-unsaturated/α-hetero) is 1. The Balaban J connectivity index is 1.68. The largest absolute Gasteiger partial charge is 0.292 e. The van der Waals surface area contributed by atoms with Crippen molar-refractivity contribution in [1.29, 1.82) is 0 Å². The van der Waals surface area contributed by atoms with Crippen molar-refractivity contribution in [3.8, 4) is 0 Å². The number of hydrogen-bond donors (Lipinski definition) is 0. The van der Waals surface area contributed by atoms with Gasteiger partial charge in [-0.3, -0.25) is 19.2 Å². The molecule has 0 aromatic heterocycles. The molecule has 0 N–H and O–H groups in total. The Morgan fingerprint density at radius 1 is 0.806 bits per heavy atom. The van der Waals surface area contributed by atoms with E-state index in [1.165, 1.54) is 36.4 Å². The standard InChI is InChI=1S/C23H18Cl2N2O4/c24-16-9-5-14(6-10-16)20(28)13-26(21(29)15-7-11-17(25)12-8-15)27-22(30)18-3-1-2-4-19(18)23(27)31/h1-2,5-12,18-19H,3-4,13H2. The molecule has 1 aliphatic heterocycles. The van der Waals surface area contributed by atoms with Gasteiger partial charge in [0.2, 0.25) is 0 Å². The van der Waals surface area contributed by atoms with E-state index in [1.807, 2.05) is 12.2 Å². The molecule has 2 aromatic carbocycles. The summed E-state index contributed by atoms with van der Waals surface area (Å²) in [5.74, 6) is -3.04. The van der Waals surface area contributed by atoms with E-state index >= 15 is 0 Å². The van der Waals surface area contributed by atoms with Crippen molar-refractivity contribution in [2.24, 2.45) is 11.8 Å². The summed E-state index contributed by atoms with van der Waals surface area (Å²) < 4.78 is 0. The summed E-state index contributed by atoms with van der Waals surface area (Å²) in [6, 6.07) is 12.2. The molecule has 2 unspecified atom stereocenters. The van der Waals surface area contributed by atoms with Gasteiger partial charge in [0, 0.05) is 21.2 Å². The molecule has 3 amide bonds. The Kier molecular flexibility index (Phi) is 5.94. The van der Waals surface area contributed by atoms with Crippen molar-refractivity contribution in [3.05, 3.63) is 81.9 Å². The van der Waals surface area contributed by atoms with E-state index in [-0.39, 0.29) is 5.56 Å². The van der Waals surface area contributed by atoms with Crippen LogP contribution in [0.15, 0.2) is 60.7 Å². The van der Waals surface area contributed by atoms with E-state index < -0.39 is 41.9 Å². The Hall–Kier alpha value is -2.96. The molecule has 0 saturated carbocycles. The molecule has 158 valence electrons. The van der Waals surface area contributed by atoms with Gasteiger partial charge in [0.05, 0.1) is 11.8 Å². The van der Waals surface area contributed by atoms with E-state index in [2.05, 4.69) is 0 Å². The molecule has 0 spiro atoms. The van der Waals surface area contributed by atoms with E-state index in [0.29, 0.717) is 28.5 Å². The first kappa shape index (κ1) is 21.3. The molecule has 2 aliphatic rings. The molecular weight excluding hydrogens is 439 g/mol. The first-order chi connectivity index (χ1) is 14.9. The van der Waals surface area contributed by atoms with Gasteiger partial charge in [-0.05, 0) is 61.4 Å². The third kappa shape index (κ3) is 4.13. The lowest BCUT2D eigenvalue weighted by Gasteiger charge is -2.30. The lowest BCUT2D eigenvalue weighted by molar-refractivity contribution is -0.154. The topological polar surface area (TPSA) is 74.8 Å². The van der Waals surface area contributed by atoms with Gasteiger partial charge in [-0.15, -0.1) is 0 Å². The maximum Gasteiger partial charge on any atom is 0.273 e. The molecule has 2 aromatic rings. The zero-order valence-corrected chi connectivity index (χ0v) is 17.8. The number of carbonyl (C=O) groups is 4. The quantitative estimate of drug-likeness (QED) is 0.384. The molecule has 31 heavy (non-hydrogen) atoms. The Morgan fingerprint density at radius 2 is 1.26 bits per heavy atom. The number of ketones is 1. The van der Waals surface area contributed by atoms with E-state index in [4.69, 9.17) is 23.2 Å². The Morgan fingerprint density at radius 3 is 1.74 bits per heavy atom. The fourth-order valence-electron chi connectivity index (χ4n) is 3.86. The predicted octanol–water partition coefficient (Wildman–Crippen LogP) is 4.18. The van der Waals surface area contributed by atoms with Crippen LogP contribution in [-0.4, -0.2) is 40.1 Å². The molecule has 2 atom stereocenters. The highest BCUT2D eigenvalue weighted by atomic mass is 35.5. The molecule has 0 bridgehead atoms. The Bertz CT molecular complexity index is 1050. The maximum atomic E-state index is 13.3.